The highest BCUT2D eigenvalue weighted by Gasteiger charge is 2.37. The van der Waals surface area contributed by atoms with Crippen LogP contribution in [0.25, 0.3) is 0 Å². The number of amides is 1. The number of hydrogen-bond donors (Lipinski definition) is 2. The Morgan fingerprint density at radius 1 is 1.35 bits per heavy atom. The summed E-state index contributed by atoms with van der Waals surface area (Å²) in [5.74, 6) is -1.61. The lowest BCUT2D eigenvalue weighted by Crippen LogP contribution is -2.41. The third kappa shape index (κ3) is 2.54. The third-order valence-corrected chi connectivity index (χ3v) is 3.31. The number of phenols is 2. The van der Waals surface area contributed by atoms with Crippen LogP contribution in [0.3, 0.4) is 0 Å². The van der Waals surface area contributed by atoms with Gasteiger partial charge >= 0.3 is 5.97 Å². The molecule has 1 aliphatic heterocycles. The van der Waals surface area contributed by atoms with Gasteiger partial charge in [-0.1, -0.05) is 6.07 Å². The fraction of sp³-hybridized carbons (Fsp3) is 0.429. The first-order valence-electron chi connectivity index (χ1n) is 6.54. The van der Waals surface area contributed by atoms with E-state index in [0.717, 1.165) is 0 Å². The number of esters is 1. The van der Waals surface area contributed by atoms with Crippen molar-refractivity contribution in [3.63, 3.8) is 0 Å². The van der Waals surface area contributed by atoms with Gasteiger partial charge in [-0.2, -0.15) is 0 Å². The van der Waals surface area contributed by atoms with E-state index in [1.54, 1.807) is 6.92 Å². The topological polar surface area (TPSA) is 87.1 Å². The average molecular weight is 279 g/mol. The molecule has 0 aliphatic carbocycles. The maximum absolute atomic E-state index is 12.4. The molecule has 1 aliphatic rings. The molecular weight excluding hydrogens is 262 g/mol. The van der Waals surface area contributed by atoms with E-state index in [1.807, 2.05) is 0 Å². The summed E-state index contributed by atoms with van der Waals surface area (Å²) in [6.07, 6.45) is 1.21. The zero-order valence-corrected chi connectivity index (χ0v) is 11.2. The number of aromatic hydroxyl groups is 2. The molecule has 0 radical (unpaired) electrons. The summed E-state index contributed by atoms with van der Waals surface area (Å²) in [5.41, 5.74) is -0.177. The monoisotopic (exact) mass is 279 g/mol. The first kappa shape index (κ1) is 14.2. The minimum Gasteiger partial charge on any atom is -0.507 e. The largest absolute Gasteiger partial charge is 0.507 e. The first-order chi connectivity index (χ1) is 9.56. The first-order valence-corrected chi connectivity index (χ1v) is 6.54. The summed E-state index contributed by atoms with van der Waals surface area (Å²) in [5, 5.41) is 19.5. The van der Waals surface area contributed by atoms with Crippen LogP contribution in [0.15, 0.2) is 18.2 Å². The van der Waals surface area contributed by atoms with Gasteiger partial charge in [-0.05, 0) is 31.9 Å². The van der Waals surface area contributed by atoms with Crippen LogP contribution in [-0.2, 0) is 9.53 Å². The molecule has 1 aromatic carbocycles. The van der Waals surface area contributed by atoms with Gasteiger partial charge in [0, 0.05) is 6.54 Å². The third-order valence-electron chi connectivity index (χ3n) is 3.31. The Bertz CT molecular complexity index is 508. The molecule has 0 aromatic heterocycles. The van der Waals surface area contributed by atoms with Crippen molar-refractivity contribution in [3.8, 4) is 11.5 Å². The molecule has 0 saturated carbocycles. The van der Waals surface area contributed by atoms with E-state index >= 15 is 0 Å². The number of hydrogen-bond acceptors (Lipinski definition) is 5. The lowest BCUT2D eigenvalue weighted by molar-refractivity contribution is -0.147. The van der Waals surface area contributed by atoms with Gasteiger partial charge in [0.1, 0.15) is 23.1 Å². The predicted octanol–water partition coefficient (Wildman–Crippen LogP) is 1.27. The van der Waals surface area contributed by atoms with Gasteiger partial charge in [0.15, 0.2) is 0 Å². The van der Waals surface area contributed by atoms with Crippen molar-refractivity contribution in [2.45, 2.75) is 25.8 Å². The molecule has 0 spiro atoms. The molecule has 1 unspecified atom stereocenters. The van der Waals surface area contributed by atoms with Crippen LogP contribution in [0, 0.1) is 0 Å². The van der Waals surface area contributed by atoms with Crippen molar-refractivity contribution in [2.24, 2.45) is 0 Å². The number of carbonyl (C=O) groups is 2. The lowest BCUT2D eigenvalue weighted by Gasteiger charge is -2.23. The van der Waals surface area contributed by atoms with Gasteiger partial charge in [-0.3, -0.25) is 4.79 Å². The van der Waals surface area contributed by atoms with Crippen LogP contribution in [0.2, 0.25) is 0 Å². The quantitative estimate of drug-likeness (QED) is 0.813. The smallest absolute Gasteiger partial charge is 0.328 e. The molecule has 0 bridgehead atoms. The number of nitrogens with zero attached hydrogens (tertiary/aromatic N) is 1. The second kappa shape index (κ2) is 5.81. The molecule has 6 heteroatoms. The number of carbonyl (C=O) groups excluding carboxylic acids is 2. The molecule has 1 saturated heterocycles. The highest BCUT2D eigenvalue weighted by atomic mass is 16.5. The highest BCUT2D eigenvalue weighted by molar-refractivity contribution is 6.01. The van der Waals surface area contributed by atoms with Gasteiger partial charge in [0.2, 0.25) is 0 Å². The zero-order valence-electron chi connectivity index (χ0n) is 11.2. The minimum absolute atomic E-state index is 0.177. The van der Waals surface area contributed by atoms with Gasteiger partial charge in [0.05, 0.1) is 6.61 Å². The Morgan fingerprint density at radius 2 is 2.00 bits per heavy atom. The van der Waals surface area contributed by atoms with Gasteiger partial charge < -0.3 is 19.8 Å². The van der Waals surface area contributed by atoms with Crippen LogP contribution in [-0.4, -0.2) is 46.2 Å². The molecule has 2 rings (SSSR count). The van der Waals surface area contributed by atoms with Crippen LogP contribution in [0.1, 0.15) is 30.1 Å². The van der Waals surface area contributed by atoms with Crippen molar-refractivity contribution in [3.05, 3.63) is 23.8 Å². The van der Waals surface area contributed by atoms with Gasteiger partial charge in [-0.15, -0.1) is 0 Å². The van der Waals surface area contributed by atoms with Crippen molar-refractivity contribution < 1.29 is 24.5 Å². The molecule has 1 fully saturated rings. The average Bonchev–Trinajstić information content (AvgIpc) is 2.87. The van der Waals surface area contributed by atoms with Crippen molar-refractivity contribution in [2.75, 3.05) is 13.2 Å². The number of rotatable bonds is 3. The predicted molar refractivity (Wildman–Crippen MR) is 70.5 cm³/mol. The molecule has 1 heterocycles. The van der Waals surface area contributed by atoms with Gasteiger partial charge in [-0.25, -0.2) is 4.79 Å². The molecule has 2 N–H and O–H groups in total. The van der Waals surface area contributed by atoms with E-state index in [4.69, 9.17) is 4.74 Å². The van der Waals surface area contributed by atoms with Crippen molar-refractivity contribution in [1.82, 2.24) is 4.90 Å². The molecule has 1 atom stereocenters. The minimum atomic E-state index is -0.651. The van der Waals surface area contributed by atoms with Gasteiger partial charge in [0.25, 0.3) is 5.91 Å². The lowest BCUT2D eigenvalue weighted by atomic mass is 10.1. The molecule has 20 heavy (non-hydrogen) atoms. The molecular formula is C14H17NO5. The van der Waals surface area contributed by atoms with E-state index in [-0.39, 0.29) is 23.7 Å². The molecule has 1 amide bonds. The fourth-order valence-corrected chi connectivity index (χ4v) is 2.38. The molecule has 6 nitrogen and oxygen atoms in total. The second-order valence-electron chi connectivity index (χ2n) is 4.58. The number of benzene rings is 1. The number of likely N-dealkylation sites (tertiary alicyclic amines) is 1. The van der Waals surface area contributed by atoms with Crippen molar-refractivity contribution in [1.29, 1.82) is 0 Å². The maximum atomic E-state index is 12.4. The normalized spacial score (nSPS) is 18.1. The Kier molecular flexibility index (Phi) is 4.12. The summed E-state index contributed by atoms with van der Waals surface area (Å²) in [7, 11) is 0. The molecule has 108 valence electrons. The van der Waals surface area contributed by atoms with E-state index in [2.05, 4.69) is 0 Å². The summed E-state index contributed by atoms with van der Waals surface area (Å²) in [4.78, 5) is 25.6. The van der Waals surface area contributed by atoms with E-state index in [0.29, 0.717) is 19.4 Å². The van der Waals surface area contributed by atoms with E-state index < -0.39 is 17.9 Å². The summed E-state index contributed by atoms with van der Waals surface area (Å²) in [6, 6.07) is 3.43. The molecule has 1 aromatic rings. The Hall–Kier alpha value is -2.24. The number of ether oxygens (including phenoxy) is 1. The van der Waals surface area contributed by atoms with Crippen LogP contribution < -0.4 is 0 Å². The zero-order chi connectivity index (χ0) is 14.7. The van der Waals surface area contributed by atoms with Crippen LogP contribution >= 0.6 is 0 Å². The van der Waals surface area contributed by atoms with E-state index in [1.165, 1.54) is 23.1 Å². The summed E-state index contributed by atoms with van der Waals surface area (Å²) in [6.45, 7) is 2.35. The van der Waals surface area contributed by atoms with Crippen LogP contribution in [0.5, 0.6) is 11.5 Å². The van der Waals surface area contributed by atoms with E-state index in [9.17, 15) is 19.8 Å². The maximum Gasteiger partial charge on any atom is 0.328 e. The fourth-order valence-electron chi connectivity index (χ4n) is 2.38. The Labute approximate surface area is 116 Å². The van der Waals surface area contributed by atoms with Crippen molar-refractivity contribution >= 4 is 11.9 Å². The Balaban J connectivity index is 2.26. The summed E-state index contributed by atoms with van der Waals surface area (Å²) < 4.78 is 4.94. The van der Waals surface area contributed by atoms with Crippen LogP contribution in [0.4, 0.5) is 0 Å². The second-order valence-corrected chi connectivity index (χ2v) is 4.58. The number of phenolic OH excluding ortho intramolecular Hbond substituents is 2. The SMILES string of the molecule is CCOC(=O)C1CCCN1C(=O)c1c(O)cccc1O. The Morgan fingerprint density at radius 3 is 2.60 bits per heavy atom. The highest BCUT2D eigenvalue weighted by Crippen LogP contribution is 2.30. The summed E-state index contributed by atoms with van der Waals surface area (Å²) >= 11 is 0. The standard InChI is InChI=1S/C14H17NO5/c1-2-20-14(19)9-5-4-8-15(9)13(18)12-10(16)6-3-7-11(12)17/h3,6-7,9,16-17H,2,4-5,8H2,1H3.